The van der Waals surface area contributed by atoms with Crippen LogP contribution in [0.4, 0.5) is 35.9 Å². The molecule has 0 saturated carbocycles. The first kappa shape index (κ1) is 21.0. The van der Waals surface area contributed by atoms with Crippen LogP contribution in [0.15, 0.2) is 18.2 Å². The fourth-order valence-electron chi connectivity index (χ4n) is 2.17. The molecule has 0 aromatic heterocycles. The number of alkyl halides is 3. The Morgan fingerprint density at radius 2 is 1.41 bits per heavy atom. The maximum atomic E-state index is 12.8. The molecule has 0 unspecified atom stereocenters. The third-order valence-electron chi connectivity index (χ3n) is 3.47. The molecule has 2 aromatic carbocycles. The number of halogens is 6. The molecule has 0 heterocycles. The van der Waals surface area contributed by atoms with E-state index in [2.05, 4.69) is 5.32 Å². The van der Waals surface area contributed by atoms with Crippen molar-refractivity contribution in [2.24, 2.45) is 0 Å². The summed E-state index contributed by atoms with van der Waals surface area (Å²) in [6.07, 6.45) is -4.70. The van der Waals surface area contributed by atoms with Gasteiger partial charge in [0, 0.05) is 5.56 Å². The zero-order valence-electron chi connectivity index (χ0n) is 13.0. The Balaban J connectivity index is 2.66. The first-order valence-corrected chi connectivity index (χ1v) is 7.93. The second kappa shape index (κ2) is 7.37. The van der Waals surface area contributed by atoms with Crippen molar-refractivity contribution in [1.82, 2.24) is 0 Å². The summed E-state index contributed by atoms with van der Waals surface area (Å²) in [5.41, 5.74) is -3.16. The van der Waals surface area contributed by atoms with Gasteiger partial charge in [0.15, 0.2) is 0 Å². The van der Waals surface area contributed by atoms with Gasteiger partial charge in [-0.25, -0.2) is 0 Å². The van der Waals surface area contributed by atoms with Crippen molar-refractivity contribution in [3.63, 3.8) is 0 Å². The molecule has 0 bridgehead atoms. The van der Waals surface area contributed by atoms with Crippen LogP contribution in [-0.2, 0) is 6.18 Å². The van der Waals surface area contributed by atoms with Crippen LogP contribution >= 0.6 is 34.8 Å². The van der Waals surface area contributed by atoms with Crippen LogP contribution in [0.1, 0.15) is 11.1 Å². The standard InChI is InChI=1S/C14H7Cl3F3N3O4/c1-5-11(17)9(22(24)25)4-10(23(26)27)12(5)21-13-7(15)2-6(3-8(13)16)14(18,19)20/h2-4,21H,1H3. The number of hydrogen-bond acceptors (Lipinski definition) is 5. The lowest BCUT2D eigenvalue weighted by Gasteiger charge is -2.16. The van der Waals surface area contributed by atoms with Crippen molar-refractivity contribution in [2.45, 2.75) is 13.1 Å². The molecule has 7 nitrogen and oxygen atoms in total. The molecule has 0 aliphatic heterocycles. The van der Waals surface area contributed by atoms with Crippen LogP contribution in [0, 0.1) is 27.2 Å². The molecule has 0 radical (unpaired) electrons. The van der Waals surface area contributed by atoms with Gasteiger partial charge in [-0.1, -0.05) is 34.8 Å². The van der Waals surface area contributed by atoms with Gasteiger partial charge in [0.05, 0.1) is 37.2 Å². The highest BCUT2D eigenvalue weighted by Gasteiger charge is 2.33. The third-order valence-corrected chi connectivity index (χ3v) is 4.54. The predicted molar refractivity (Wildman–Crippen MR) is 94.2 cm³/mol. The Bertz CT molecular complexity index is 944. The predicted octanol–water partition coefficient (Wildman–Crippen LogP) is 6.53. The van der Waals surface area contributed by atoms with Crippen LogP contribution in [-0.4, -0.2) is 9.85 Å². The Labute approximate surface area is 163 Å². The lowest BCUT2D eigenvalue weighted by atomic mass is 10.1. The molecule has 0 spiro atoms. The van der Waals surface area contributed by atoms with Crippen molar-refractivity contribution in [2.75, 3.05) is 5.32 Å². The lowest BCUT2D eigenvalue weighted by molar-refractivity contribution is -0.393. The summed E-state index contributed by atoms with van der Waals surface area (Å²) < 4.78 is 38.4. The molecule has 0 fully saturated rings. The summed E-state index contributed by atoms with van der Waals surface area (Å²) in [6.45, 7) is 1.26. The van der Waals surface area contributed by atoms with Crippen molar-refractivity contribution in [1.29, 1.82) is 0 Å². The molecule has 0 amide bonds. The number of nitrogens with one attached hydrogen (secondary N) is 1. The summed E-state index contributed by atoms with van der Waals surface area (Å²) >= 11 is 17.6. The normalized spacial score (nSPS) is 11.4. The summed E-state index contributed by atoms with van der Waals surface area (Å²) in [6, 6.07) is 1.80. The quantitative estimate of drug-likeness (QED) is 0.427. The molecule has 0 saturated heterocycles. The molecule has 0 atom stereocenters. The zero-order valence-corrected chi connectivity index (χ0v) is 15.3. The van der Waals surface area contributed by atoms with Crippen LogP contribution in [0.5, 0.6) is 0 Å². The van der Waals surface area contributed by atoms with E-state index >= 15 is 0 Å². The van der Waals surface area contributed by atoms with Gasteiger partial charge in [0.25, 0.3) is 11.4 Å². The van der Waals surface area contributed by atoms with E-state index in [9.17, 15) is 33.4 Å². The highest BCUT2D eigenvalue weighted by atomic mass is 35.5. The molecule has 13 heteroatoms. The molecule has 144 valence electrons. The largest absolute Gasteiger partial charge is 0.416 e. The van der Waals surface area contributed by atoms with Crippen molar-refractivity contribution in [3.8, 4) is 0 Å². The molecular formula is C14H7Cl3F3N3O4. The van der Waals surface area contributed by atoms with Crippen molar-refractivity contribution < 1.29 is 23.0 Å². The second-order valence-electron chi connectivity index (χ2n) is 5.18. The van der Waals surface area contributed by atoms with E-state index in [0.717, 1.165) is 0 Å². The van der Waals surface area contributed by atoms with Gasteiger partial charge < -0.3 is 5.32 Å². The summed E-state index contributed by atoms with van der Waals surface area (Å²) in [4.78, 5) is 20.5. The summed E-state index contributed by atoms with van der Waals surface area (Å²) in [7, 11) is 0. The SMILES string of the molecule is Cc1c(Cl)c([N+](=O)[O-])cc([N+](=O)[O-])c1Nc1c(Cl)cc(C(F)(F)F)cc1Cl. The van der Waals surface area contributed by atoms with Crippen LogP contribution in [0.2, 0.25) is 15.1 Å². The molecule has 1 N–H and O–H groups in total. The number of nitro groups is 2. The Morgan fingerprint density at radius 1 is 0.926 bits per heavy atom. The maximum Gasteiger partial charge on any atom is 0.416 e. The van der Waals surface area contributed by atoms with Gasteiger partial charge in [-0.3, -0.25) is 20.2 Å². The number of nitrogens with zero attached hydrogens (tertiary/aromatic N) is 2. The molecular weight excluding hydrogens is 438 g/mol. The minimum Gasteiger partial charge on any atom is -0.347 e. The van der Waals surface area contributed by atoms with E-state index in [1.807, 2.05) is 0 Å². The minimum absolute atomic E-state index is 0.0791. The maximum absolute atomic E-state index is 12.8. The topological polar surface area (TPSA) is 98.3 Å². The number of anilines is 2. The molecule has 2 aromatic rings. The molecule has 2 rings (SSSR count). The molecule has 0 aliphatic rings. The third kappa shape index (κ3) is 4.18. The summed E-state index contributed by atoms with van der Waals surface area (Å²) in [5.74, 6) is 0. The number of hydrogen-bond donors (Lipinski definition) is 1. The second-order valence-corrected chi connectivity index (χ2v) is 6.37. The highest BCUT2D eigenvalue weighted by Crippen LogP contribution is 2.45. The fraction of sp³-hybridized carbons (Fsp3) is 0.143. The van der Waals surface area contributed by atoms with E-state index in [1.54, 1.807) is 0 Å². The van der Waals surface area contributed by atoms with E-state index in [-0.39, 0.29) is 22.0 Å². The van der Waals surface area contributed by atoms with E-state index in [4.69, 9.17) is 34.8 Å². The van der Waals surface area contributed by atoms with Gasteiger partial charge >= 0.3 is 6.18 Å². The van der Waals surface area contributed by atoms with Crippen LogP contribution in [0.25, 0.3) is 0 Å². The van der Waals surface area contributed by atoms with Gasteiger partial charge in [-0.05, 0) is 19.1 Å². The minimum atomic E-state index is -4.70. The number of rotatable bonds is 4. The van der Waals surface area contributed by atoms with Crippen LogP contribution in [0.3, 0.4) is 0 Å². The van der Waals surface area contributed by atoms with Gasteiger partial charge in [-0.15, -0.1) is 0 Å². The van der Waals surface area contributed by atoms with Crippen molar-refractivity contribution in [3.05, 3.63) is 64.6 Å². The van der Waals surface area contributed by atoms with E-state index in [0.29, 0.717) is 18.2 Å². The Morgan fingerprint density at radius 3 is 1.81 bits per heavy atom. The first-order chi connectivity index (χ1) is 12.3. The number of nitro benzene ring substituents is 2. The Kier molecular flexibility index (Phi) is 5.74. The molecule has 0 aliphatic carbocycles. The van der Waals surface area contributed by atoms with E-state index in [1.165, 1.54) is 6.92 Å². The summed E-state index contributed by atoms with van der Waals surface area (Å²) in [5, 5.41) is 23.4. The van der Waals surface area contributed by atoms with E-state index < -0.39 is 43.0 Å². The smallest absolute Gasteiger partial charge is 0.347 e. The first-order valence-electron chi connectivity index (χ1n) is 6.79. The monoisotopic (exact) mass is 443 g/mol. The van der Waals surface area contributed by atoms with Crippen LogP contribution < -0.4 is 5.32 Å². The van der Waals surface area contributed by atoms with Gasteiger partial charge in [0.2, 0.25) is 0 Å². The van der Waals surface area contributed by atoms with Gasteiger partial charge in [-0.2, -0.15) is 13.2 Å². The lowest BCUT2D eigenvalue weighted by Crippen LogP contribution is -2.07. The van der Waals surface area contributed by atoms with Gasteiger partial charge in [0.1, 0.15) is 10.7 Å². The number of benzene rings is 2. The molecule has 27 heavy (non-hydrogen) atoms. The average Bonchev–Trinajstić information content (AvgIpc) is 2.52. The Hall–Kier alpha value is -2.30. The highest BCUT2D eigenvalue weighted by molar-refractivity contribution is 6.39. The zero-order chi connectivity index (χ0) is 20.7. The average molecular weight is 445 g/mol. The van der Waals surface area contributed by atoms with Crippen molar-refractivity contribution >= 4 is 57.6 Å². The fourth-order valence-corrected chi connectivity index (χ4v) is 2.97.